The number of amides is 1. The fraction of sp³-hybridized carbons (Fsp3) is 0.462. The minimum atomic E-state index is -0.227. The van der Waals surface area contributed by atoms with Crippen molar-refractivity contribution in [2.75, 3.05) is 6.54 Å². The van der Waals surface area contributed by atoms with Crippen LogP contribution in [0.25, 0.3) is 5.65 Å². The van der Waals surface area contributed by atoms with Crippen LogP contribution in [0.5, 0.6) is 0 Å². The van der Waals surface area contributed by atoms with Crippen LogP contribution in [0, 0.1) is 6.92 Å². The SMILES string of the molecule is CCNC(=O)C(C)NCc1cnc2cc(C)nn2c1. The minimum absolute atomic E-state index is 0.00599. The standard InChI is InChI=1S/C13H19N5O/c1-4-14-13(19)10(3)15-6-11-7-16-12-5-9(2)17-18(12)8-11/h5,7-8,10,15H,4,6H2,1-3H3,(H,14,19). The second kappa shape index (κ2) is 5.79. The molecule has 2 N–H and O–H groups in total. The zero-order valence-corrected chi connectivity index (χ0v) is 11.5. The highest BCUT2D eigenvalue weighted by molar-refractivity contribution is 5.81. The third kappa shape index (κ3) is 3.29. The van der Waals surface area contributed by atoms with Gasteiger partial charge in [0, 0.05) is 37.1 Å². The fourth-order valence-corrected chi connectivity index (χ4v) is 1.82. The Morgan fingerprint density at radius 2 is 2.32 bits per heavy atom. The monoisotopic (exact) mass is 261 g/mol. The molecule has 2 aromatic heterocycles. The molecule has 0 radical (unpaired) electrons. The lowest BCUT2D eigenvalue weighted by atomic mass is 10.2. The van der Waals surface area contributed by atoms with E-state index in [9.17, 15) is 4.79 Å². The van der Waals surface area contributed by atoms with E-state index in [-0.39, 0.29) is 11.9 Å². The third-order valence-electron chi connectivity index (χ3n) is 2.85. The van der Waals surface area contributed by atoms with Crippen LogP contribution in [0.2, 0.25) is 0 Å². The molecular weight excluding hydrogens is 242 g/mol. The molecule has 0 aromatic carbocycles. The summed E-state index contributed by atoms with van der Waals surface area (Å²) in [5.41, 5.74) is 2.76. The predicted molar refractivity (Wildman–Crippen MR) is 72.7 cm³/mol. The molecule has 0 fully saturated rings. The first-order valence-electron chi connectivity index (χ1n) is 6.42. The third-order valence-corrected chi connectivity index (χ3v) is 2.85. The number of carbonyl (C=O) groups is 1. The van der Waals surface area contributed by atoms with E-state index in [1.54, 1.807) is 10.7 Å². The Kier molecular flexibility index (Phi) is 4.11. The number of hydrogen-bond acceptors (Lipinski definition) is 4. The smallest absolute Gasteiger partial charge is 0.236 e. The summed E-state index contributed by atoms with van der Waals surface area (Å²) >= 11 is 0. The van der Waals surface area contributed by atoms with E-state index in [1.165, 1.54) is 0 Å². The van der Waals surface area contributed by atoms with Crippen molar-refractivity contribution in [2.24, 2.45) is 0 Å². The number of nitrogens with zero attached hydrogens (tertiary/aromatic N) is 3. The number of nitrogens with one attached hydrogen (secondary N) is 2. The number of fused-ring (bicyclic) bond motifs is 1. The summed E-state index contributed by atoms with van der Waals surface area (Å²) in [6.45, 7) is 6.91. The van der Waals surface area contributed by atoms with E-state index in [0.29, 0.717) is 13.1 Å². The number of likely N-dealkylation sites (N-methyl/N-ethyl adjacent to an activating group) is 1. The maximum Gasteiger partial charge on any atom is 0.236 e. The van der Waals surface area contributed by atoms with Crippen molar-refractivity contribution in [2.45, 2.75) is 33.4 Å². The molecule has 0 spiro atoms. The van der Waals surface area contributed by atoms with E-state index in [4.69, 9.17) is 0 Å². The van der Waals surface area contributed by atoms with Crippen molar-refractivity contribution in [1.29, 1.82) is 0 Å². The van der Waals surface area contributed by atoms with Gasteiger partial charge in [0.15, 0.2) is 5.65 Å². The Hall–Kier alpha value is -1.95. The van der Waals surface area contributed by atoms with Gasteiger partial charge >= 0.3 is 0 Å². The Morgan fingerprint density at radius 1 is 1.53 bits per heavy atom. The van der Waals surface area contributed by atoms with Gasteiger partial charge in [-0.15, -0.1) is 0 Å². The molecular formula is C13H19N5O. The van der Waals surface area contributed by atoms with Gasteiger partial charge in [-0.05, 0) is 20.8 Å². The fourth-order valence-electron chi connectivity index (χ4n) is 1.82. The van der Waals surface area contributed by atoms with Crippen LogP contribution in [-0.2, 0) is 11.3 Å². The number of aryl methyl sites for hydroxylation is 1. The molecule has 1 atom stereocenters. The average molecular weight is 261 g/mol. The molecule has 6 nitrogen and oxygen atoms in total. The molecule has 1 amide bonds. The molecule has 2 aromatic rings. The topological polar surface area (TPSA) is 71.3 Å². The Balaban J connectivity index is 1.99. The molecule has 6 heteroatoms. The van der Waals surface area contributed by atoms with Gasteiger partial charge in [0.25, 0.3) is 0 Å². The van der Waals surface area contributed by atoms with Gasteiger partial charge in [-0.25, -0.2) is 9.50 Å². The van der Waals surface area contributed by atoms with Crippen molar-refractivity contribution in [3.8, 4) is 0 Å². The number of carbonyl (C=O) groups excluding carboxylic acids is 1. The normalized spacial score (nSPS) is 12.6. The van der Waals surface area contributed by atoms with Gasteiger partial charge in [-0.3, -0.25) is 4.79 Å². The van der Waals surface area contributed by atoms with Crippen LogP contribution in [0.15, 0.2) is 18.5 Å². The first kappa shape index (κ1) is 13.5. The zero-order valence-electron chi connectivity index (χ0n) is 11.5. The van der Waals surface area contributed by atoms with Crippen LogP contribution in [0.3, 0.4) is 0 Å². The van der Waals surface area contributed by atoms with Crippen LogP contribution in [-0.4, -0.2) is 33.1 Å². The molecule has 0 saturated heterocycles. The second-order valence-electron chi connectivity index (χ2n) is 4.55. The first-order valence-corrected chi connectivity index (χ1v) is 6.42. The summed E-state index contributed by atoms with van der Waals surface area (Å²) in [6.07, 6.45) is 3.72. The van der Waals surface area contributed by atoms with Gasteiger partial charge < -0.3 is 10.6 Å². The average Bonchev–Trinajstić information content (AvgIpc) is 2.75. The van der Waals surface area contributed by atoms with E-state index in [0.717, 1.165) is 16.9 Å². The molecule has 0 aliphatic heterocycles. The van der Waals surface area contributed by atoms with Crippen LogP contribution < -0.4 is 10.6 Å². The molecule has 19 heavy (non-hydrogen) atoms. The van der Waals surface area contributed by atoms with Gasteiger partial charge in [0.1, 0.15) is 0 Å². The maximum absolute atomic E-state index is 11.6. The molecule has 2 heterocycles. The Morgan fingerprint density at radius 3 is 3.05 bits per heavy atom. The summed E-state index contributed by atoms with van der Waals surface area (Å²) in [6, 6.07) is 1.70. The molecule has 0 aliphatic rings. The van der Waals surface area contributed by atoms with Crippen molar-refractivity contribution >= 4 is 11.6 Å². The highest BCUT2D eigenvalue weighted by atomic mass is 16.2. The highest BCUT2D eigenvalue weighted by Crippen LogP contribution is 2.04. The first-order chi connectivity index (χ1) is 9.10. The minimum Gasteiger partial charge on any atom is -0.355 e. The lowest BCUT2D eigenvalue weighted by Gasteiger charge is -2.13. The van der Waals surface area contributed by atoms with Gasteiger partial charge in [0.05, 0.1) is 11.7 Å². The molecule has 0 aliphatic carbocycles. The van der Waals surface area contributed by atoms with E-state index >= 15 is 0 Å². The van der Waals surface area contributed by atoms with Crippen LogP contribution in [0.4, 0.5) is 0 Å². The lowest BCUT2D eigenvalue weighted by molar-refractivity contribution is -0.122. The molecule has 0 bridgehead atoms. The molecule has 2 rings (SSSR count). The largest absolute Gasteiger partial charge is 0.355 e. The Bertz CT molecular complexity index is 577. The zero-order chi connectivity index (χ0) is 13.8. The van der Waals surface area contributed by atoms with Crippen molar-refractivity contribution in [3.05, 3.63) is 29.7 Å². The molecule has 102 valence electrons. The molecule has 0 saturated carbocycles. The maximum atomic E-state index is 11.6. The molecule has 1 unspecified atom stereocenters. The summed E-state index contributed by atoms with van der Waals surface area (Å²) in [5.74, 6) is 0.00599. The van der Waals surface area contributed by atoms with E-state index < -0.39 is 0 Å². The van der Waals surface area contributed by atoms with Crippen molar-refractivity contribution in [1.82, 2.24) is 25.2 Å². The predicted octanol–water partition coefficient (Wildman–Crippen LogP) is 0.652. The quantitative estimate of drug-likeness (QED) is 0.829. The van der Waals surface area contributed by atoms with Gasteiger partial charge in [-0.1, -0.05) is 0 Å². The summed E-state index contributed by atoms with van der Waals surface area (Å²) in [4.78, 5) is 15.9. The number of aromatic nitrogens is 3. The summed E-state index contributed by atoms with van der Waals surface area (Å²) in [5, 5.41) is 10.3. The highest BCUT2D eigenvalue weighted by Gasteiger charge is 2.10. The van der Waals surface area contributed by atoms with Gasteiger partial charge in [0.2, 0.25) is 5.91 Å². The number of rotatable bonds is 5. The van der Waals surface area contributed by atoms with Crippen LogP contribution >= 0.6 is 0 Å². The Labute approximate surface area is 112 Å². The van der Waals surface area contributed by atoms with E-state index in [1.807, 2.05) is 33.0 Å². The van der Waals surface area contributed by atoms with Crippen molar-refractivity contribution in [3.63, 3.8) is 0 Å². The lowest BCUT2D eigenvalue weighted by Crippen LogP contribution is -2.41. The number of hydrogen-bond donors (Lipinski definition) is 2. The second-order valence-corrected chi connectivity index (χ2v) is 4.55. The summed E-state index contributed by atoms with van der Waals surface area (Å²) in [7, 11) is 0. The van der Waals surface area contributed by atoms with Crippen molar-refractivity contribution < 1.29 is 4.79 Å². The van der Waals surface area contributed by atoms with Crippen LogP contribution in [0.1, 0.15) is 25.1 Å². The van der Waals surface area contributed by atoms with E-state index in [2.05, 4.69) is 20.7 Å². The van der Waals surface area contributed by atoms with Gasteiger partial charge in [-0.2, -0.15) is 5.10 Å². The summed E-state index contributed by atoms with van der Waals surface area (Å²) < 4.78 is 1.75.